The number of hydrogen-bond donors (Lipinski definition) is 1. The molecule has 0 amide bonds. The maximum atomic E-state index is 11.9. The van der Waals surface area contributed by atoms with Gasteiger partial charge in [-0.05, 0) is 25.7 Å². The zero-order chi connectivity index (χ0) is 14.6. The lowest BCUT2D eigenvalue weighted by molar-refractivity contribution is -0.482. The van der Waals surface area contributed by atoms with Crippen LogP contribution in [0, 0.1) is 21.4 Å². The molecule has 0 aromatic heterocycles. The first-order valence-electron chi connectivity index (χ1n) is 6.01. The van der Waals surface area contributed by atoms with Crippen molar-refractivity contribution in [3.8, 4) is 0 Å². The Hall–Kier alpha value is -1.17. The third-order valence-corrected chi connectivity index (χ3v) is 2.52. The molecule has 6 heteroatoms. The van der Waals surface area contributed by atoms with Crippen LogP contribution in [0.2, 0.25) is 0 Å². The van der Waals surface area contributed by atoms with E-state index in [2.05, 4.69) is 0 Å². The van der Waals surface area contributed by atoms with Gasteiger partial charge in [0.25, 0.3) is 0 Å². The Morgan fingerprint density at radius 2 is 1.83 bits per heavy atom. The Bertz CT molecular complexity index is 302. The van der Waals surface area contributed by atoms with Crippen LogP contribution in [0.25, 0.3) is 0 Å². The van der Waals surface area contributed by atoms with E-state index in [0.29, 0.717) is 6.42 Å². The summed E-state index contributed by atoms with van der Waals surface area (Å²) in [4.78, 5) is 21.6. The lowest BCUT2D eigenvalue weighted by Crippen LogP contribution is -2.47. The SMILES string of the molecule is CC(C)(C)CC(C(=O)OCC[N+](=O)[O-])C(C)(C)N. The largest absolute Gasteiger partial charge is 0.458 e. The number of hydrogen-bond acceptors (Lipinski definition) is 5. The maximum absolute atomic E-state index is 11.9. The summed E-state index contributed by atoms with van der Waals surface area (Å²) in [6.45, 7) is 8.97. The number of nitro groups is 1. The summed E-state index contributed by atoms with van der Waals surface area (Å²) in [5.74, 6) is -0.927. The number of nitrogens with two attached hydrogens (primary N) is 1. The van der Waals surface area contributed by atoms with Gasteiger partial charge in [-0.2, -0.15) is 0 Å². The van der Waals surface area contributed by atoms with E-state index in [0.717, 1.165) is 0 Å². The predicted molar refractivity (Wildman–Crippen MR) is 68.6 cm³/mol. The first kappa shape index (κ1) is 16.8. The highest BCUT2D eigenvalue weighted by atomic mass is 16.6. The Balaban J connectivity index is 4.57. The van der Waals surface area contributed by atoms with Crippen molar-refractivity contribution < 1.29 is 14.5 Å². The standard InChI is InChI=1S/C12H24N2O4/c1-11(2,3)8-9(12(4,5)13)10(15)18-7-6-14(16)17/h9H,6-8,13H2,1-5H3. The molecule has 1 unspecified atom stereocenters. The molecule has 0 radical (unpaired) electrons. The molecule has 2 N–H and O–H groups in total. The predicted octanol–water partition coefficient (Wildman–Crippen LogP) is 1.60. The second kappa shape index (κ2) is 6.13. The molecule has 0 aliphatic heterocycles. The van der Waals surface area contributed by atoms with Crippen molar-refractivity contribution in [2.45, 2.75) is 46.6 Å². The molecule has 0 spiro atoms. The summed E-state index contributed by atoms with van der Waals surface area (Å²) in [7, 11) is 0. The van der Waals surface area contributed by atoms with Gasteiger partial charge in [-0.25, -0.2) is 0 Å². The van der Waals surface area contributed by atoms with E-state index in [-0.39, 0.29) is 18.6 Å². The Morgan fingerprint density at radius 1 is 1.33 bits per heavy atom. The zero-order valence-electron chi connectivity index (χ0n) is 11.9. The number of nitrogens with zero attached hydrogens (tertiary/aromatic N) is 1. The van der Waals surface area contributed by atoms with Crippen molar-refractivity contribution in [1.82, 2.24) is 0 Å². The van der Waals surface area contributed by atoms with Crippen LogP contribution in [0.15, 0.2) is 0 Å². The van der Waals surface area contributed by atoms with Crippen molar-refractivity contribution >= 4 is 5.97 Å². The van der Waals surface area contributed by atoms with Crippen molar-refractivity contribution in [1.29, 1.82) is 0 Å². The van der Waals surface area contributed by atoms with Crippen molar-refractivity contribution in [2.24, 2.45) is 17.1 Å². The van der Waals surface area contributed by atoms with Crippen LogP contribution in [0.3, 0.4) is 0 Å². The van der Waals surface area contributed by atoms with Crippen LogP contribution in [0.4, 0.5) is 0 Å². The van der Waals surface area contributed by atoms with E-state index in [1.807, 2.05) is 20.8 Å². The van der Waals surface area contributed by atoms with Gasteiger partial charge >= 0.3 is 5.97 Å². The maximum Gasteiger partial charge on any atom is 0.311 e. The molecule has 0 aliphatic carbocycles. The number of carbonyl (C=O) groups is 1. The molecule has 0 aromatic carbocycles. The first-order valence-corrected chi connectivity index (χ1v) is 6.01. The summed E-state index contributed by atoms with van der Waals surface area (Å²) in [5, 5.41) is 10.2. The molecule has 0 bridgehead atoms. The molecule has 6 nitrogen and oxygen atoms in total. The fraction of sp³-hybridized carbons (Fsp3) is 0.917. The van der Waals surface area contributed by atoms with E-state index in [4.69, 9.17) is 10.5 Å². The van der Waals surface area contributed by atoms with Gasteiger partial charge < -0.3 is 10.5 Å². The average Bonchev–Trinajstić information content (AvgIpc) is 2.10. The van der Waals surface area contributed by atoms with Crippen molar-refractivity contribution in [2.75, 3.05) is 13.2 Å². The van der Waals surface area contributed by atoms with Crippen molar-refractivity contribution in [3.63, 3.8) is 0 Å². The quantitative estimate of drug-likeness (QED) is 0.444. The fourth-order valence-corrected chi connectivity index (χ4v) is 1.58. The summed E-state index contributed by atoms with van der Waals surface area (Å²) < 4.78 is 4.93. The highest BCUT2D eigenvalue weighted by Gasteiger charge is 2.36. The summed E-state index contributed by atoms with van der Waals surface area (Å²) in [6, 6.07) is 0. The Kier molecular flexibility index (Phi) is 5.73. The van der Waals surface area contributed by atoms with Crippen LogP contribution in [0.1, 0.15) is 41.0 Å². The minimum atomic E-state index is -0.709. The topological polar surface area (TPSA) is 95.5 Å². The highest BCUT2D eigenvalue weighted by molar-refractivity contribution is 5.74. The normalized spacial score (nSPS) is 14.1. The molecule has 106 valence electrons. The van der Waals surface area contributed by atoms with Crippen LogP contribution < -0.4 is 5.73 Å². The molecule has 1 atom stereocenters. The van der Waals surface area contributed by atoms with E-state index in [9.17, 15) is 14.9 Å². The van der Waals surface area contributed by atoms with Gasteiger partial charge in [0.05, 0.1) is 5.92 Å². The van der Waals surface area contributed by atoms with Gasteiger partial charge in [-0.3, -0.25) is 14.9 Å². The molecular weight excluding hydrogens is 236 g/mol. The van der Waals surface area contributed by atoms with E-state index in [1.54, 1.807) is 13.8 Å². The molecule has 0 aromatic rings. The molecule has 0 rings (SSSR count). The molecule has 0 saturated heterocycles. The van der Waals surface area contributed by atoms with E-state index in [1.165, 1.54) is 0 Å². The minimum Gasteiger partial charge on any atom is -0.458 e. The number of carbonyl (C=O) groups excluding carboxylic acids is 1. The molecule has 0 heterocycles. The molecule has 0 aliphatic rings. The summed E-state index contributed by atoms with van der Waals surface area (Å²) in [5.41, 5.74) is 5.21. The van der Waals surface area contributed by atoms with Gasteiger partial charge in [0.15, 0.2) is 6.61 Å². The highest BCUT2D eigenvalue weighted by Crippen LogP contribution is 2.30. The monoisotopic (exact) mass is 260 g/mol. The lowest BCUT2D eigenvalue weighted by atomic mass is 9.76. The number of esters is 1. The van der Waals surface area contributed by atoms with Gasteiger partial charge in [-0.15, -0.1) is 0 Å². The van der Waals surface area contributed by atoms with Crippen LogP contribution >= 0.6 is 0 Å². The molecule has 0 saturated carbocycles. The molecular formula is C12H24N2O4. The van der Waals surface area contributed by atoms with E-state index < -0.39 is 22.3 Å². The van der Waals surface area contributed by atoms with E-state index >= 15 is 0 Å². The van der Waals surface area contributed by atoms with Crippen molar-refractivity contribution in [3.05, 3.63) is 10.1 Å². The van der Waals surface area contributed by atoms with Crippen LogP contribution in [-0.2, 0) is 9.53 Å². The average molecular weight is 260 g/mol. The number of rotatable bonds is 6. The fourth-order valence-electron chi connectivity index (χ4n) is 1.58. The zero-order valence-corrected chi connectivity index (χ0v) is 11.9. The minimum absolute atomic E-state index is 0.0660. The van der Waals surface area contributed by atoms with Crippen LogP contribution in [-0.4, -0.2) is 29.6 Å². The second-order valence-corrected chi connectivity index (χ2v) is 6.36. The summed E-state index contributed by atoms with van der Waals surface area (Å²) >= 11 is 0. The van der Waals surface area contributed by atoms with Gasteiger partial charge in [0, 0.05) is 10.5 Å². The van der Waals surface area contributed by atoms with Gasteiger partial charge in [0.1, 0.15) is 0 Å². The second-order valence-electron chi connectivity index (χ2n) is 6.36. The third kappa shape index (κ3) is 7.21. The Morgan fingerprint density at radius 3 is 2.17 bits per heavy atom. The summed E-state index contributed by atoms with van der Waals surface area (Å²) in [6.07, 6.45) is 0.577. The third-order valence-electron chi connectivity index (χ3n) is 2.52. The lowest BCUT2D eigenvalue weighted by Gasteiger charge is -2.33. The van der Waals surface area contributed by atoms with Gasteiger partial charge in [0.2, 0.25) is 6.54 Å². The first-order chi connectivity index (χ1) is 7.93. The molecule has 18 heavy (non-hydrogen) atoms. The Labute approximate surface area is 108 Å². The van der Waals surface area contributed by atoms with Crippen LogP contribution in [0.5, 0.6) is 0 Å². The molecule has 0 fully saturated rings. The van der Waals surface area contributed by atoms with Gasteiger partial charge in [-0.1, -0.05) is 20.8 Å². The smallest absolute Gasteiger partial charge is 0.311 e. The number of ether oxygens (including phenoxy) is 1.